The van der Waals surface area contributed by atoms with Crippen LogP contribution in [0.1, 0.15) is 28.5 Å². The second-order valence-corrected chi connectivity index (χ2v) is 5.47. The number of nitrogens with zero attached hydrogens (tertiary/aromatic N) is 1. The van der Waals surface area contributed by atoms with Gasteiger partial charge in [-0.25, -0.2) is 9.78 Å². The molecule has 1 atom stereocenters. The van der Waals surface area contributed by atoms with Crippen molar-refractivity contribution in [3.8, 4) is 11.5 Å². The number of carbonyl (C=O) groups is 2. The Balaban J connectivity index is 2.11. The van der Waals surface area contributed by atoms with Gasteiger partial charge in [-0.15, -0.1) is 0 Å². The fourth-order valence-corrected chi connectivity index (χ4v) is 2.27. The van der Waals surface area contributed by atoms with Gasteiger partial charge < -0.3 is 20.3 Å². The van der Waals surface area contributed by atoms with Gasteiger partial charge in [-0.05, 0) is 43.2 Å². The summed E-state index contributed by atoms with van der Waals surface area (Å²) in [5, 5.41) is 21.7. The van der Waals surface area contributed by atoms with Crippen LogP contribution >= 0.6 is 0 Å². The van der Waals surface area contributed by atoms with Crippen molar-refractivity contribution < 1.29 is 24.5 Å². The van der Waals surface area contributed by atoms with Crippen molar-refractivity contribution in [2.24, 2.45) is 0 Å². The van der Waals surface area contributed by atoms with Gasteiger partial charge in [-0.2, -0.15) is 0 Å². The average molecular weight is 344 g/mol. The van der Waals surface area contributed by atoms with E-state index in [0.29, 0.717) is 17.9 Å². The van der Waals surface area contributed by atoms with Crippen molar-refractivity contribution in [1.82, 2.24) is 10.3 Å². The van der Waals surface area contributed by atoms with Crippen LogP contribution in [0.2, 0.25) is 0 Å². The summed E-state index contributed by atoms with van der Waals surface area (Å²) in [6.45, 7) is 4.04. The van der Waals surface area contributed by atoms with Gasteiger partial charge in [-0.1, -0.05) is 12.1 Å². The fraction of sp³-hybridized carbons (Fsp3) is 0.278. The topological polar surface area (TPSA) is 109 Å². The van der Waals surface area contributed by atoms with Crippen molar-refractivity contribution in [2.75, 3.05) is 6.61 Å². The molecule has 2 rings (SSSR count). The van der Waals surface area contributed by atoms with E-state index in [1.54, 1.807) is 37.3 Å². The van der Waals surface area contributed by atoms with Crippen LogP contribution in [0.25, 0.3) is 0 Å². The zero-order chi connectivity index (χ0) is 18.4. The Morgan fingerprint density at radius 1 is 1.24 bits per heavy atom. The number of amides is 1. The van der Waals surface area contributed by atoms with E-state index in [1.165, 1.54) is 6.20 Å². The number of aromatic nitrogens is 1. The third-order valence-corrected chi connectivity index (χ3v) is 3.62. The minimum Gasteiger partial charge on any atom is -0.505 e. The molecule has 25 heavy (non-hydrogen) atoms. The number of hydrogen-bond acceptors (Lipinski definition) is 5. The number of hydrogen-bond donors (Lipinski definition) is 3. The highest BCUT2D eigenvalue weighted by Gasteiger charge is 2.23. The van der Waals surface area contributed by atoms with Crippen molar-refractivity contribution in [2.45, 2.75) is 26.3 Å². The zero-order valence-electron chi connectivity index (χ0n) is 14.0. The first-order chi connectivity index (χ1) is 11.9. The van der Waals surface area contributed by atoms with Gasteiger partial charge in [0.05, 0.1) is 6.61 Å². The number of nitrogens with one attached hydrogen (secondary N) is 1. The fourth-order valence-electron chi connectivity index (χ4n) is 2.27. The first-order valence-corrected chi connectivity index (χ1v) is 7.82. The van der Waals surface area contributed by atoms with E-state index in [2.05, 4.69) is 10.3 Å². The Kier molecular flexibility index (Phi) is 5.94. The highest BCUT2D eigenvalue weighted by Crippen LogP contribution is 2.19. The number of aliphatic carboxylic acids is 1. The van der Waals surface area contributed by atoms with Crippen LogP contribution in [0.3, 0.4) is 0 Å². The van der Waals surface area contributed by atoms with E-state index in [0.717, 1.165) is 5.56 Å². The number of aromatic hydroxyl groups is 1. The first-order valence-electron chi connectivity index (χ1n) is 7.82. The predicted molar refractivity (Wildman–Crippen MR) is 90.8 cm³/mol. The molecule has 1 heterocycles. The number of carboxylic acids is 1. The van der Waals surface area contributed by atoms with Crippen molar-refractivity contribution >= 4 is 11.9 Å². The number of rotatable bonds is 7. The maximum atomic E-state index is 12.2. The second kappa shape index (κ2) is 8.14. The summed E-state index contributed by atoms with van der Waals surface area (Å²) in [7, 11) is 0. The lowest BCUT2D eigenvalue weighted by molar-refractivity contribution is -0.139. The summed E-state index contributed by atoms with van der Waals surface area (Å²) in [6, 6.07) is 7.39. The normalized spacial score (nSPS) is 11.6. The van der Waals surface area contributed by atoms with Crippen molar-refractivity contribution in [1.29, 1.82) is 0 Å². The zero-order valence-corrected chi connectivity index (χ0v) is 14.0. The molecule has 7 heteroatoms. The lowest BCUT2D eigenvalue weighted by atomic mass is 10.1. The molecule has 1 unspecified atom stereocenters. The smallest absolute Gasteiger partial charge is 0.326 e. The van der Waals surface area contributed by atoms with Crippen LogP contribution in [0.15, 0.2) is 36.5 Å². The predicted octanol–water partition coefficient (Wildman–Crippen LogP) is 1.92. The summed E-state index contributed by atoms with van der Waals surface area (Å²) in [6.07, 6.45) is 1.48. The Hall–Kier alpha value is -3.09. The van der Waals surface area contributed by atoms with Crippen LogP contribution in [-0.2, 0) is 11.2 Å². The molecule has 1 aromatic heterocycles. The summed E-state index contributed by atoms with van der Waals surface area (Å²) in [5.74, 6) is -1.48. The molecule has 7 nitrogen and oxygen atoms in total. The van der Waals surface area contributed by atoms with Crippen molar-refractivity contribution in [3.05, 3.63) is 53.3 Å². The van der Waals surface area contributed by atoms with E-state index >= 15 is 0 Å². The minimum absolute atomic E-state index is 0.0973. The van der Waals surface area contributed by atoms with Gasteiger partial charge >= 0.3 is 5.97 Å². The standard InChI is InChI=1S/C18H20N2O5/c1-3-25-13-6-4-12(5-7-13)10-14(18(23)24)20-17(22)15-16(21)11(2)8-9-19-15/h4-9,14,21H,3,10H2,1-2H3,(H,20,22)(H,23,24). The van der Waals surface area contributed by atoms with Crippen LogP contribution in [-0.4, -0.2) is 39.7 Å². The molecule has 2 aromatic rings. The number of carbonyl (C=O) groups excluding carboxylic acids is 1. The molecule has 0 spiro atoms. The lowest BCUT2D eigenvalue weighted by Gasteiger charge is -2.15. The number of carboxylic acid groups (broad SMARTS) is 1. The Morgan fingerprint density at radius 3 is 2.52 bits per heavy atom. The van der Waals surface area contributed by atoms with Crippen LogP contribution in [0.5, 0.6) is 11.5 Å². The maximum Gasteiger partial charge on any atom is 0.326 e. The van der Waals surface area contributed by atoms with E-state index in [4.69, 9.17) is 4.74 Å². The highest BCUT2D eigenvalue weighted by atomic mass is 16.5. The average Bonchev–Trinajstić information content (AvgIpc) is 2.58. The molecular formula is C18H20N2O5. The molecule has 0 fully saturated rings. The van der Waals surface area contributed by atoms with Gasteiger partial charge in [0.15, 0.2) is 5.69 Å². The Bertz CT molecular complexity index is 759. The van der Waals surface area contributed by atoms with Gasteiger partial charge in [0, 0.05) is 12.6 Å². The summed E-state index contributed by atoms with van der Waals surface area (Å²) in [5.41, 5.74) is 1.02. The largest absolute Gasteiger partial charge is 0.505 e. The number of ether oxygens (including phenoxy) is 1. The molecular weight excluding hydrogens is 324 g/mol. The summed E-state index contributed by atoms with van der Waals surface area (Å²) < 4.78 is 5.34. The molecule has 0 aliphatic carbocycles. The first kappa shape index (κ1) is 18.3. The van der Waals surface area contributed by atoms with Gasteiger partial charge in [0.1, 0.15) is 17.5 Å². The van der Waals surface area contributed by atoms with E-state index in [9.17, 15) is 19.8 Å². The lowest BCUT2D eigenvalue weighted by Crippen LogP contribution is -2.42. The van der Waals surface area contributed by atoms with Crippen LogP contribution in [0.4, 0.5) is 0 Å². The number of pyridine rings is 1. The van der Waals surface area contributed by atoms with E-state index < -0.39 is 17.9 Å². The van der Waals surface area contributed by atoms with Crippen LogP contribution < -0.4 is 10.1 Å². The second-order valence-electron chi connectivity index (χ2n) is 5.47. The van der Waals surface area contributed by atoms with E-state index in [-0.39, 0.29) is 17.9 Å². The molecule has 0 radical (unpaired) electrons. The molecule has 132 valence electrons. The maximum absolute atomic E-state index is 12.2. The molecule has 0 aliphatic rings. The molecule has 0 bridgehead atoms. The summed E-state index contributed by atoms with van der Waals surface area (Å²) in [4.78, 5) is 27.5. The molecule has 3 N–H and O–H groups in total. The molecule has 0 saturated carbocycles. The molecule has 1 amide bonds. The third kappa shape index (κ3) is 4.69. The van der Waals surface area contributed by atoms with Crippen LogP contribution in [0, 0.1) is 6.92 Å². The quantitative estimate of drug-likeness (QED) is 0.708. The number of aryl methyl sites for hydroxylation is 1. The summed E-state index contributed by atoms with van der Waals surface area (Å²) >= 11 is 0. The SMILES string of the molecule is CCOc1ccc(CC(NC(=O)c2nccc(C)c2O)C(=O)O)cc1. The van der Waals surface area contributed by atoms with Gasteiger partial charge in [-0.3, -0.25) is 4.79 Å². The molecule has 1 aromatic carbocycles. The van der Waals surface area contributed by atoms with Crippen molar-refractivity contribution in [3.63, 3.8) is 0 Å². The number of benzene rings is 1. The van der Waals surface area contributed by atoms with E-state index in [1.807, 2.05) is 6.92 Å². The third-order valence-electron chi connectivity index (χ3n) is 3.62. The Morgan fingerprint density at radius 2 is 1.92 bits per heavy atom. The minimum atomic E-state index is -1.17. The highest BCUT2D eigenvalue weighted by molar-refractivity contribution is 5.97. The monoisotopic (exact) mass is 344 g/mol. The molecule has 0 aliphatic heterocycles. The molecule has 0 saturated heterocycles. The van der Waals surface area contributed by atoms with Gasteiger partial charge in [0.25, 0.3) is 5.91 Å². The Labute approximate surface area is 145 Å². The van der Waals surface area contributed by atoms with Gasteiger partial charge in [0.2, 0.25) is 0 Å².